The van der Waals surface area contributed by atoms with Crippen molar-refractivity contribution < 1.29 is 9.53 Å². The average Bonchev–Trinajstić information content (AvgIpc) is 2.87. The number of esters is 1. The molecule has 0 unspecified atom stereocenters. The topological polar surface area (TPSA) is 76.1 Å². The minimum Gasteiger partial charge on any atom is -0.469 e. The monoisotopic (exact) mass is 430 g/mol. The van der Waals surface area contributed by atoms with Gasteiger partial charge in [0.1, 0.15) is 5.82 Å². The molecule has 166 valence electrons. The van der Waals surface area contributed by atoms with Gasteiger partial charge in [0, 0.05) is 24.7 Å². The first-order valence-electron chi connectivity index (χ1n) is 11.3. The van der Waals surface area contributed by atoms with Gasteiger partial charge in [-0.1, -0.05) is 60.7 Å². The van der Waals surface area contributed by atoms with Crippen molar-refractivity contribution >= 4 is 17.7 Å². The predicted octanol–water partition coefficient (Wildman–Crippen LogP) is 5.15. The molecule has 0 aliphatic heterocycles. The van der Waals surface area contributed by atoms with E-state index in [2.05, 4.69) is 34.9 Å². The molecule has 32 heavy (non-hydrogen) atoms. The second kappa shape index (κ2) is 10.8. The van der Waals surface area contributed by atoms with E-state index in [0.29, 0.717) is 18.4 Å². The third-order valence-electron chi connectivity index (χ3n) is 6.04. The van der Waals surface area contributed by atoms with E-state index in [1.165, 1.54) is 12.7 Å². The van der Waals surface area contributed by atoms with Crippen LogP contribution in [0.2, 0.25) is 0 Å². The van der Waals surface area contributed by atoms with Crippen LogP contribution in [0.15, 0.2) is 66.7 Å². The Morgan fingerprint density at radius 1 is 0.938 bits per heavy atom. The van der Waals surface area contributed by atoms with E-state index < -0.39 is 0 Å². The molecule has 0 saturated heterocycles. The molecule has 1 aliphatic carbocycles. The lowest BCUT2D eigenvalue weighted by Crippen LogP contribution is -2.26. The molecule has 0 amide bonds. The number of nitrogens with one attached hydrogen (secondary N) is 2. The SMILES string of the molecule is COC(=O)C1CCC(CNc2nc(NCc3ccccc3)cc(-c3ccccc3)n2)CC1. The third-order valence-corrected chi connectivity index (χ3v) is 6.04. The van der Waals surface area contributed by atoms with E-state index in [1.807, 2.05) is 42.5 Å². The van der Waals surface area contributed by atoms with Crippen molar-refractivity contribution in [3.8, 4) is 11.3 Å². The fraction of sp³-hybridized carbons (Fsp3) is 0.346. The van der Waals surface area contributed by atoms with E-state index in [9.17, 15) is 4.79 Å². The van der Waals surface area contributed by atoms with Gasteiger partial charge in [0.2, 0.25) is 5.95 Å². The second-order valence-corrected chi connectivity index (χ2v) is 8.29. The summed E-state index contributed by atoms with van der Waals surface area (Å²) in [5.74, 6) is 1.88. The molecule has 0 spiro atoms. The van der Waals surface area contributed by atoms with Crippen molar-refractivity contribution in [1.82, 2.24) is 9.97 Å². The maximum Gasteiger partial charge on any atom is 0.308 e. The van der Waals surface area contributed by atoms with E-state index in [-0.39, 0.29) is 11.9 Å². The Kier molecular flexibility index (Phi) is 7.33. The van der Waals surface area contributed by atoms with Crippen LogP contribution in [-0.4, -0.2) is 29.6 Å². The van der Waals surface area contributed by atoms with Crippen LogP contribution >= 0.6 is 0 Å². The highest BCUT2D eigenvalue weighted by molar-refractivity contribution is 5.72. The van der Waals surface area contributed by atoms with Gasteiger partial charge >= 0.3 is 5.97 Å². The zero-order chi connectivity index (χ0) is 22.2. The summed E-state index contributed by atoms with van der Waals surface area (Å²) in [6, 6.07) is 22.4. The fourth-order valence-corrected chi connectivity index (χ4v) is 4.17. The van der Waals surface area contributed by atoms with Crippen LogP contribution in [0.25, 0.3) is 11.3 Å². The van der Waals surface area contributed by atoms with Crippen LogP contribution in [0.1, 0.15) is 31.2 Å². The molecule has 6 heteroatoms. The Morgan fingerprint density at radius 3 is 2.31 bits per heavy atom. The fourth-order valence-electron chi connectivity index (χ4n) is 4.17. The minimum absolute atomic E-state index is 0.0442. The number of hydrogen-bond acceptors (Lipinski definition) is 6. The van der Waals surface area contributed by atoms with Gasteiger partial charge in [0.25, 0.3) is 0 Å². The molecule has 6 nitrogen and oxygen atoms in total. The summed E-state index contributed by atoms with van der Waals surface area (Å²) in [6.07, 6.45) is 3.77. The standard InChI is InChI=1S/C26H30N4O2/c1-32-25(31)22-14-12-20(13-15-22)18-28-26-29-23(21-10-6-3-7-11-21)16-24(30-26)27-17-19-8-4-2-5-9-19/h2-11,16,20,22H,12-15,17-18H2,1H3,(H2,27,28,29,30). The Bertz CT molecular complexity index is 1000. The maximum atomic E-state index is 11.8. The largest absolute Gasteiger partial charge is 0.469 e. The highest BCUT2D eigenvalue weighted by atomic mass is 16.5. The van der Waals surface area contributed by atoms with E-state index >= 15 is 0 Å². The van der Waals surface area contributed by atoms with Crippen molar-refractivity contribution in [2.24, 2.45) is 11.8 Å². The van der Waals surface area contributed by atoms with Crippen LogP contribution in [0.4, 0.5) is 11.8 Å². The van der Waals surface area contributed by atoms with Crippen LogP contribution in [0.5, 0.6) is 0 Å². The Hall–Kier alpha value is -3.41. The number of anilines is 2. The normalized spacial score (nSPS) is 18.0. The van der Waals surface area contributed by atoms with Crippen LogP contribution in [-0.2, 0) is 16.1 Å². The summed E-state index contributed by atoms with van der Waals surface area (Å²) in [6.45, 7) is 1.49. The number of methoxy groups -OCH3 is 1. The molecule has 0 radical (unpaired) electrons. The lowest BCUT2D eigenvalue weighted by atomic mass is 9.82. The van der Waals surface area contributed by atoms with Gasteiger partial charge in [-0.3, -0.25) is 4.79 Å². The summed E-state index contributed by atoms with van der Waals surface area (Å²) in [5, 5.41) is 6.87. The van der Waals surface area contributed by atoms with Gasteiger partial charge in [-0.2, -0.15) is 4.98 Å². The van der Waals surface area contributed by atoms with E-state index in [4.69, 9.17) is 14.7 Å². The van der Waals surface area contributed by atoms with Gasteiger partial charge in [0.15, 0.2) is 0 Å². The summed E-state index contributed by atoms with van der Waals surface area (Å²) in [5.41, 5.74) is 3.14. The number of nitrogens with zero attached hydrogens (tertiary/aromatic N) is 2. The highest BCUT2D eigenvalue weighted by Gasteiger charge is 2.26. The van der Waals surface area contributed by atoms with Gasteiger partial charge in [-0.05, 0) is 37.2 Å². The molecule has 4 rings (SSSR count). The molecule has 1 aromatic heterocycles. The number of aromatic nitrogens is 2. The number of rotatable bonds is 8. The molecule has 1 fully saturated rings. The number of hydrogen-bond donors (Lipinski definition) is 2. The minimum atomic E-state index is -0.0792. The van der Waals surface area contributed by atoms with Crippen molar-refractivity contribution in [3.63, 3.8) is 0 Å². The smallest absolute Gasteiger partial charge is 0.308 e. The van der Waals surface area contributed by atoms with E-state index in [1.54, 1.807) is 0 Å². The van der Waals surface area contributed by atoms with Crippen LogP contribution in [0.3, 0.4) is 0 Å². The molecule has 2 aromatic carbocycles. The van der Waals surface area contributed by atoms with Crippen molar-refractivity contribution in [2.45, 2.75) is 32.2 Å². The summed E-state index contributed by atoms with van der Waals surface area (Å²) in [7, 11) is 1.47. The molecular formula is C26H30N4O2. The second-order valence-electron chi connectivity index (χ2n) is 8.29. The quantitative estimate of drug-likeness (QED) is 0.482. The molecule has 2 N–H and O–H groups in total. The summed E-state index contributed by atoms with van der Waals surface area (Å²) >= 11 is 0. The van der Waals surface area contributed by atoms with Crippen LogP contribution in [0, 0.1) is 11.8 Å². The number of carbonyl (C=O) groups excluding carboxylic acids is 1. The third kappa shape index (κ3) is 5.84. The Balaban J connectivity index is 1.44. The van der Waals surface area contributed by atoms with Gasteiger partial charge in [-0.25, -0.2) is 4.98 Å². The van der Waals surface area contributed by atoms with Crippen molar-refractivity contribution in [3.05, 3.63) is 72.3 Å². The van der Waals surface area contributed by atoms with Crippen molar-refractivity contribution in [1.29, 1.82) is 0 Å². The molecule has 3 aromatic rings. The predicted molar refractivity (Wildman–Crippen MR) is 127 cm³/mol. The molecular weight excluding hydrogens is 400 g/mol. The number of benzene rings is 2. The Labute approximate surface area is 189 Å². The lowest BCUT2D eigenvalue weighted by Gasteiger charge is -2.27. The molecule has 1 heterocycles. The molecule has 1 aliphatic rings. The number of ether oxygens (including phenoxy) is 1. The molecule has 0 atom stereocenters. The van der Waals surface area contributed by atoms with Crippen molar-refractivity contribution in [2.75, 3.05) is 24.3 Å². The number of carbonyl (C=O) groups is 1. The zero-order valence-electron chi connectivity index (χ0n) is 18.5. The lowest BCUT2D eigenvalue weighted by molar-refractivity contribution is -0.146. The first-order valence-corrected chi connectivity index (χ1v) is 11.3. The first-order chi connectivity index (χ1) is 15.7. The average molecular weight is 431 g/mol. The van der Waals surface area contributed by atoms with Gasteiger partial charge in [-0.15, -0.1) is 0 Å². The zero-order valence-corrected chi connectivity index (χ0v) is 18.5. The van der Waals surface area contributed by atoms with E-state index in [0.717, 1.165) is 49.3 Å². The maximum absolute atomic E-state index is 11.8. The first kappa shape index (κ1) is 21.8. The van der Waals surface area contributed by atoms with Gasteiger partial charge < -0.3 is 15.4 Å². The van der Waals surface area contributed by atoms with Crippen LogP contribution < -0.4 is 10.6 Å². The highest BCUT2D eigenvalue weighted by Crippen LogP contribution is 2.30. The summed E-state index contributed by atoms with van der Waals surface area (Å²) < 4.78 is 4.90. The summed E-state index contributed by atoms with van der Waals surface area (Å²) in [4.78, 5) is 21.2. The Morgan fingerprint density at radius 2 is 1.62 bits per heavy atom. The molecule has 0 bridgehead atoms. The van der Waals surface area contributed by atoms with Gasteiger partial charge in [0.05, 0.1) is 18.7 Å². The molecule has 1 saturated carbocycles.